The number of nitrogens with zero attached hydrogens (tertiary/aromatic N) is 1. The SMILES string of the molecule is CCCCNC(=O)C(NC(=O)CC(CCN)NS(=O)(=O)c1ccc2ccccc2c1)OC(=O)N1CCCCC1. The van der Waals surface area contributed by atoms with Gasteiger partial charge in [-0.3, -0.25) is 9.59 Å². The standard InChI is InChI=1S/C27H39N5O6S/c1-2-3-15-29-25(34)26(38-27(35)32-16-7-4-8-17-32)30-24(33)19-22(13-14-28)31-39(36,37)23-12-11-20-9-5-6-10-21(20)18-23/h5-6,9-12,18,22,26,31H,2-4,7-8,13-17,19,28H2,1H3,(H,29,34)(H,30,33). The lowest BCUT2D eigenvalue weighted by molar-refractivity contribution is -0.137. The second-order valence-electron chi connectivity index (χ2n) is 9.63. The van der Waals surface area contributed by atoms with Crippen LogP contribution in [0.3, 0.4) is 0 Å². The van der Waals surface area contributed by atoms with Crippen LogP contribution in [-0.2, 0) is 24.3 Å². The Bertz CT molecular complexity index is 1230. The van der Waals surface area contributed by atoms with Crippen molar-refractivity contribution in [1.82, 2.24) is 20.3 Å². The number of sulfonamides is 1. The molecule has 1 fully saturated rings. The Morgan fingerprint density at radius 2 is 1.77 bits per heavy atom. The summed E-state index contributed by atoms with van der Waals surface area (Å²) in [5.41, 5.74) is 5.70. The molecule has 2 aromatic carbocycles. The van der Waals surface area contributed by atoms with Crippen LogP contribution in [0.1, 0.15) is 51.9 Å². The van der Waals surface area contributed by atoms with E-state index in [4.69, 9.17) is 10.5 Å². The van der Waals surface area contributed by atoms with Crippen molar-refractivity contribution in [2.75, 3.05) is 26.2 Å². The van der Waals surface area contributed by atoms with Gasteiger partial charge in [-0.2, -0.15) is 0 Å². The molecule has 2 unspecified atom stereocenters. The van der Waals surface area contributed by atoms with E-state index in [1.165, 1.54) is 11.0 Å². The number of hydrogen-bond acceptors (Lipinski definition) is 7. The molecule has 11 nitrogen and oxygen atoms in total. The van der Waals surface area contributed by atoms with Gasteiger partial charge in [0.1, 0.15) is 0 Å². The summed E-state index contributed by atoms with van der Waals surface area (Å²) in [6, 6.07) is 11.3. The number of carbonyl (C=O) groups is 3. The highest BCUT2D eigenvalue weighted by molar-refractivity contribution is 7.89. The van der Waals surface area contributed by atoms with E-state index in [2.05, 4.69) is 15.4 Å². The largest absolute Gasteiger partial charge is 0.416 e. The monoisotopic (exact) mass is 561 g/mol. The first-order chi connectivity index (χ1) is 18.7. The molecule has 1 saturated heterocycles. The van der Waals surface area contributed by atoms with Crippen LogP contribution in [0.5, 0.6) is 0 Å². The van der Waals surface area contributed by atoms with Crippen LogP contribution >= 0.6 is 0 Å². The lowest BCUT2D eigenvalue weighted by Crippen LogP contribution is -2.52. The van der Waals surface area contributed by atoms with Gasteiger partial charge in [-0.25, -0.2) is 17.9 Å². The van der Waals surface area contributed by atoms with Crippen LogP contribution in [0.15, 0.2) is 47.4 Å². The predicted molar refractivity (Wildman–Crippen MR) is 148 cm³/mol. The third kappa shape index (κ3) is 9.19. The highest BCUT2D eigenvalue weighted by Gasteiger charge is 2.30. The Morgan fingerprint density at radius 3 is 2.46 bits per heavy atom. The Morgan fingerprint density at radius 1 is 1.05 bits per heavy atom. The minimum absolute atomic E-state index is 0.0623. The van der Waals surface area contributed by atoms with E-state index in [0.29, 0.717) is 19.6 Å². The van der Waals surface area contributed by atoms with Crippen molar-refractivity contribution in [3.63, 3.8) is 0 Å². The fraction of sp³-hybridized carbons (Fsp3) is 0.519. The molecule has 0 saturated carbocycles. The molecule has 0 aromatic heterocycles. The van der Waals surface area contributed by atoms with Gasteiger partial charge in [-0.15, -0.1) is 0 Å². The number of likely N-dealkylation sites (tertiary alicyclic amines) is 1. The minimum Gasteiger partial charge on any atom is -0.416 e. The zero-order chi connectivity index (χ0) is 28.3. The molecule has 0 radical (unpaired) electrons. The summed E-state index contributed by atoms with van der Waals surface area (Å²) in [6.45, 7) is 3.50. The van der Waals surface area contributed by atoms with Crippen molar-refractivity contribution >= 4 is 38.7 Å². The van der Waals surface area contributed by atoms with E-state index in [1.807, 2.05) is 31.2 Å². The molecule has 2 atom stereocenters. The molecule has 0 bridgehead atoms. The van der Waals surface area contributed by atoms with Crippen LogP contribution in [0.25, 0.3) is 10.8 Å². The lowest BCUT2D eigenvalue weighted by Gasteiger charge is -2.28. The molecule has 0 aliphatic carbocycles. The quantitative estimate of drug-likeness (QED) is 0.215. The second-order valence-corrected chi connectivity index (χ2v) is 11.3. The number of unbranched alkanes of at least 4 members (excludes halogenated alkanes) is 1. The third-order valence-electron chi connectivity index (χ3n) is 6.49. The maximum atomic E-state index is 13.1. The molecule has 0 spiro atoms. The Hall–Kier alpha value is -3.22. The van der Waals surface area contributed by atoms with Gasteiger partial charge in [0.25, 0.3) is 12.1 Å². The zero-order valence-corrected chi connectivity index (χ0v) is 23.2. The number of ether oxygens (including phenoxy) is 1. The summed E-state index contributed by atoms with van der Waals surface area (Å²) < 4.78 is 34.2. The maximum absolute atomic E-state index is 13.1. The Balaban J connectivity index is 1.68. The number of benzene rings is 2. The van der Waals surface area contributed by atoms with Crippen molar-refractivity contribution in [3.8, 4) is 0 Å². The van der Waals surface area contributed by atoms with Crippen molar-refractivity contribution in [2.45, 2.75) is 69.0 Å². The van der Waals surface area contributed by atoms with Crippen LogP contribution in [0.4, 0.5) is 4.79 Å². The molecular weight excluding hydrogens is 522 g/mol. The summed E-state index contributed by atoms with van der Waals surface area (Å²) in [5.74, 6) is -1.30. The lowest BCUT2D eigenvalue weighted by atomic mass is 10.1. The molecule has 1 aliphatic rings. The van der Waals surface area contributed by atoms with Crippen LogP contribution in [0, 0.1) is 0 Å². The molecule has 39 heavy (non-hydrogen) atoms. The van der Waals surface area contributed by atoms with Gasteiger partial charge in [0, 0.05) is 32.1 Å². The van der Waals surface area contributed by atoms with Crippen molar-refractivity contribution < 1.29 is 27.5 Å². The summed E-state index contributed by atoms with van der Waals surface area (Å²) in [7, 11) is -3.97. The first-order valence-corrected chi connectivity index (χ1v) is 15.0. The predicted octanol–water partition coefficient (Wildman–Crippen LogP) is 2.21. The highest BCUT2D eigenvalue weighted by atomic mass is 32.2. The van der Waals surface area contributed by atoms with Gasteiger partial charge < -0.3 is 26.0 Å². The number of rotatable bonds is 13. The van der Waals surface area contributed by atoms with Crippen LogP contribution in [0.2, 0.25) is 0 Å². The van der Waals surface area contributed by atoms with Crippen molar-refractivity contribution in [3.05, 3.63) is 42.5 Å². The smallest absolute Gasteiger partial charge is 0.412 e. The summed E-state index contributed by atoms with van der Waals surface area (Å²) in [4.78, 5) is 39.9. The van der Waals surface area contributed by atoms with E-state index in [9.17, 15) is 22.8 Å². The fourth-order valence-corrected chi connectivity index (χ4v) is 5.64. The van der Waals surface area contributed by atoms with Crippen LogP contribution in [-0.4, -0.2) is 69.7 Å². The molecule has 5 N–H and O–H groups in total. The third-order valence-corrected chi connectivity index (χ3v) is 8.01. The number of carbonyl (C=O) groups excluding carboxylic acids is 3. The van der Waals surface area contributed by atoms with E-state index >= 15 is 0 Å². The summed E-state index contributed by atoms with van der Waals surface area (Å²) >= 11 is 0. The number of piperidine rings is 1. The molecule has 3 rings (SSSR count). The normalized spacial score (nSPS) is 15.4. The number of nitrogens with two attached hydrogens (primary N) is 1. The van der Waals surface area contributed by atoms with Gasteiger partial charge in [-0.1, -0.05) is 43.7 Å². The van der Waals surface area contributed by atoms with Gasteiger partial charge in [0.2, 0.25) is 15.9 Å². The maximum Gasteiger partial charge on any atom is 0.412 e. The number of fused-ring (bicyclic) bond motifs is 1. The molecule has 12 heteroatoms. The molecule has 3 amide bonds. The first-order valence-electron chi connectivity index (χ1n) is 13.5. The van der Waals surface area contributed by atoms with Crippen molar-refractivity contribution in [1.29, 1.82) is 0 Å². The first kappa shape index (κ1) is 30.3. The molecule has 1 heterocycles. The number of hydrogen-bond donors (Lipinski definition) is 4. The zero-order valence-electron chi connectivity index (χ0n) is 22.4. The number of nitrogens with one attached hydrogen (secondary N) is 3. The van der Waals surface area contributed by atoms with Crippen LogP contribution < -0.4 is 21.1 Å². The average molecular weight is 562 g/mol. The highest BCUT2D eigenvalue weighted by Crippen LogP contribution is 2.19. The Labute approximate surface area is 229 Å². The van der Waals surface area contributed by atoms with E-state index in [1.54, 1.807) is 12.1 Å². The van der Waals surface area contributed by atoms with E-state index < -0.39 is 40.2 Å². The van der Waals surface area contributed by atoms with Gasteiger partial charge in [0.15, 0.2) is 0 Å². The van der Waals surface area contributed by atoms with Gasteiger partial charge in [0.05, 0.1) is 4.90 Å². The molecule has 1 aliphatic heterocycles. The second kappa shape index (κ2) is 14.8. The minimum atomic E-state index is -3.97. The Kier molecular flexibility index (Phi) is 11.5. The van der Waals surface area contributed by atoms with E-state index in [0.717, 1.165) is 42.9 Å². The van der Waals surface area contributed by atoms with E-state index in [-0.39, 0.29) is 24.3 Å². The molecule has 214 valence electrons. The summed E-state index contributed by atoms with van der Waals surface area (Å²) in [5, 5.41) is 6.79. The summed E-state index contributed by atoms with van der Waals surface area (Å²) in [6.07, 6.45) is 1.93. The molecular formula is C27H39N5O6S. The number of amides is 3. The molecule has 2 aromatic rings. The average Bonchev–Trinajstić information content (AvgIpc) is 2.92. The van der Waals surface area contributed by atoms with Gasteiger partial charge >= 0.3 is 6.09 Å². The van der Waals surface area contributed by atoms with Crippen molar-refractivity contribution in [2.24, 2.45) is 5.73 Å². The topological polar surface area (TPSA) is 160 Å². The van der Waals surface area contributed by atoms with Gasteiger partial charge in [-0.05, 0) is 61.6 Å². The fourth-order valence-electron chi connectivity index (χ4n) is 4.34.